The molecule has 0 radical (unpaired) electrons. The molecule has 2 rings (SSSR count). The standard InChI is InChI=1S/C12H15N3O2S/c1-12(17,10-4-3-7-18-10)8-13-11(16)9-5-6-14-15(9)2/h3-7,17H,8H2,1-2H3,(H,13,16). The molecule has 5 nitrogen and oxygen atoms in total. The Morgan fingerprint density at radius 2 is 2.39 bits per heavy atom. The number of aromatic nitrogens is 2. The number of carbonyl (C=O) groups excluding carboxylic acids is 1. The van der Waals surface area contributed by atoms with Crippen molar-refractivity contribution in [1.29, 1.82) is 0 Å². The Morgan fingerprint density at radius 3 is 2.94 bits per heavy atom. The zero-order chi connectivity index (χ0) is 13.2. The quantitative estimate of drug-likeness (QED) is 0.870. The summed E-state index contributed by atoms with van der Waals surface area (Å²) in [6, 6.07) is 5.35. The molecule has 2 aromatic rings. The Morgan fingerprint density at radius 1 is 1.61 bits per heavy atom. The summed E-state index contributed by atoms with van der Waals surface area (Å²) in [4.78, 5) is 12.7. The molecule has 6 heteroatoms. The minimum atomic E-state index is -1.05. The van der Waals surface area contributed by atoms with E-state index in [1.165, 1.54) is 16.0 Å². The number of thiophene rings is 1. The molecule has 0 bridgehead atoms. The third-order valence-corrected chi connectivity index (χ3v) is 3.82. The third-order valence-electron chi connectivity index (χ3n) is 2.70. The number of nitrogens with zero attached hydrogens (tertiary/aromatic N) is 2. The topological polar surface area (TPSA) is 67.2 Å². The Bertz CT molecular complexity index is 531. The van der Waals surface area contributed by atoms with Gasteiger partial charge in [0.1, 0.15) is 11.3 Å². The summed E-state index contributed by atoms with van der Waals surface area (Å²) in [6.07, 6.45) is 1.56. The molecule has 1 amide bonds. The summed E-state index contributed by atoms with van der Waals surface area (Å²) in [5.74, 6) is -0.244. The van der Waals surface area contributed by atoms with Crippen molar-refractivity contribution >= 4 is 17.2 Å². The maximum Gasteiger partial charge on any atom is 0.269 e. The predicted octanol–water partition coefficient (Wildman–Crippen LogP) is 1.12. The van der Waals surface area contributed by atoms with Crippen LogP contribution in [0.25, 0.3) is 0 Å². The van der Waals surface area contributed by atoms with E-state index in [0.717, 1.165) is 4.88 Å². The number of aliphatic hydroxyl groups is 1. The van der Waals surface area contributed by atoms with Gasteiger partial charge in [0.25, 0.3) is 5.91 Å². The van der Waals surface area contributed by atoms with Gasteiger partial charge >= 0.3 is 0 Å². The number of nitrogens with one attached hydrogen (secondary N) is 1. The fourth-order valence-corrected chi connectivity index (χ4v) is 2.40. The summed E-state index contributed by atoms with van der Waals surface area (Å²) in [5, 5.41) is 18.8. The molecule has 1 unspecified atom stereocenters. The average Bonchev–Trinajstić information content (AvgIpc) is 2.96. The Hall–Kier alpha value is -1.66. The molecule has 0 aromatic carbocycles. The zero-order valence-corrected chi connectivity index (χ0v) is 11.1. The molecule has 0 aliphatic carbocycles. The zero-order valence-electron chi connectivity index (χ0n) is 10.3. The van der Waals surface area contributed by atoms with Gasteiger partial charge in [-0.25, -0.2) is 0 Å². The van der Waals surface area contributed by atoms with E-state index in [0.29, 0.717) is 5.69 Å². The Labute approximate surface area is 109 Å². The van der Waals surface area contributed by atoms with Gasteiger partial charge in [-0.05, 0) is 24.4 Å². The second kappa shape index (κ2) is 4.91. The molecule has 0 fully saturated rings. The molecule has 1 atom stereocenters. The summed E-state index contributed by atoms with van der Waals surface area (Å²) >= 11 is 1.46. The minimum Gasteiger partial charge on any atom is -0.383 e. The lowest BCUT2D eigenvalue weighted by molar-refractivity contribution is 0.0554. The van der Waals surface area contributed by atoms with Crippen LogP contribution >= 0.6 is 11.3 Å². The summed E-state index contributed by atoms with van der Waals surface area (Å²) in [7, 11) is 1.70. The number of hydrogen-bond acceptors (Lipinski definition) is 4. The van der Waals surface area contributed by atoms with Crippen molar-refractivity contribution in [3.63, 3.8) is 0 Å². The highest BCUT2D eigenvalue weighted by atomic mass is 32.1. The van der Waals surface area contributed by atoms with Crippen molar-refractivity contribution in [3.8, 4) is 0 Å². The van der Waals surface area contributed by atoms with Gasteiger partial charge in [0.05, 0.1) is 6.54 Å². The smallest absolute Gasteiger partial charge is 0.269 e. The first-order valence-corrected chi connectivity index (χ1v) is 6.41. The fraction of sp³-hybridized carbons (Fsp3) is 0.333. The normalized spacial score (nSPS) is 14.2. The van der Waals surface area contributed by atoms with Crippen LogP contribution < -0.4 is 5.32 Å². The lowest BCUT2D eigenvalue weighted by Crippen LogP contribution is -2.38. The van der Waals surface area contributed by atoms with E-state index in [1.54, 1.807) is 26.2 Å². The molecule has 0 saturated heterocycles. The second-order valence-corrected chi connectivity index (χ2v) is 5.22. The van der Waals surface area contributed by atoms with Gasteiger partial charge in [-0.2, -0.15) is 5.10 Å². The number of aryl methyl sites for hydroxylation is 1. The Balaban J connectivity index is 2.00. The maximum absolute atomic E-state index is 11.9. The van der Waals surface area contributed by atoms with E-state index in [2.05, 4.69) is 10.4 Å². The van der Waals surface area contributed by atoms with E-state index in [9.17, 15) is 9.90 Å². The van der Waals surface area contributed by atoms with Gasteiger partial charge in [0.2, 0.25) is 0 Å². The van der Waals surface area contributed by atoms with Crippen LogP contribution in [0.4, 0.5) is 0 Å². The van der Waals surface area contributed by atoms with Crippen molar-refractivity contribution in [3.05, 3.63) is 40.3 Å². The molecular formula is C12H15N3O2S. The lowest BCUT2D eigenvalue weighted by atomic mass is 10.1. The summed E-state index contributed by atoms with van der Waals surface area (Å²) in [5.41, 5.74) is -0.584. The van der Waals surface area contributed by atoms with Crippen molar-refractivity contribution in [2.24, 2.45) is 7.05 Å². The molecule has 0 saturated carbocycles. The van der Waals surface area contributed by atoms with Crippen LogP contribution in [0.3, 0.4) is 0 Å². The van der Waals surface area contributed by atoms with E-state index in [-0.39, 0.29) is 12.5 Å². The first-order chi connectivity index (χ1) is 8.50. The monoisotopic (exact) mass is 265 g/mol. The van der Waals surface area contributed by atoms with Crippen molar-refractivity contribution in [1.82, 2.24) is 15.1 Å². The molecule has 18 heavy (non-hydrogen) atoms. The van der Waals surface area contributed by atoms with Crippen molar-refractivity contribution < 1.29 is 9.90 Å². The van der Waals surface area contributed by atoms with E-state index < -0.39 is 5.60 Å². The van der Waals surface area contributed by atoms with E-state index in [1.807, 2.05) is 17.5 Å². The SMILES string of the molecule is Cn1nccc1C(=O)NCC(C)(O)c1cccs1. The molecule has 2 aromatic heterocycles. The predicted molar refractivity (Wildman–Crippen MR) is 69.4 cm³/mol. The molecule has 0 aliphatic rings. The van der Waals surface area contributed by atoms with Crippen LogP contribution in [0.2, 0.25) is 0 Å². The molecule has 0 spiro atoms. The van der Waals surface area contributed by atoms with Crippen LogP contribution in [0.5, 0.6) is 0 Å². The maximum atomic E-state index is 11.9. The number of amides is 1. The third kappa shape index (κ3) is 2.60. The molecular weight excluding hydrogens is 250 g/mol. The van der Waals surface area contributed by atoms with Gasteiger partial charge in [0, 0.05) is 18.1 Å². The van der Waals surface area contributed by atoms with Crippen LogP contribution in [-0.4, -0.2) is 27.3 Å². The van der Waals surface area contributed by atoms with Gasteiger partial charge in [-0.1, -0.05) is 6.07 Å². The Kier molecular flexibility index (Phi) is 3.49. The number of carbonyl (C=O) groups is 1. The summed E-state index contributed by atoms with van der Waals surface area (Å²) in [6.45, 7) is 1.85. The highest BCUT2D eigenvalue weighted by Crippen LogP contribution is 2.24. The van der Waals surface area contributed by atoms with Gasteiger partial charge in [0.15, 0.2) is 0 Å². The van der Waals surface area contributed by atoms with Crippen molar-refractivity contribution in [2.75, 3.05) is 6.54 Å². The molecule has 2 N–H and O–H groups in total. The fourth-order valence-electron chi connectivity index (χ4n) is 1.61. The summed E-state index contributed by atoms with van der Waals surface area (Å²) < 4.78 is 1.50. The second-order valence-electron chi connectivity index (χ2n) is 4.27. The van der Waals surface area contributed by atoms with Gasteiger partial charge in [-0.15, -0.1) is 11.3 Å². The van der Waals surface area contributed by atoms with Crippen molar-refractivity contribution in [2.45, 2.75) is 12.5 Å². The first-order valence-electron chi connectivity index (χ1n) is 5.53. The largest absolute Gasteiger partial charge is 0.383 e. The average molecular weight is 265 g/mol. The number of hydrogen-bond donors (Lipinski definition) is 2. The molecule has 2 heterocycles. The van der Waals surface area contributed by atoms with Gasteiger partial charge in [-0.3, -0.25) is 9.48 Å². The minimum absolute atomic E-state index is 0.164. The highest BCUT2D eigenvalue weighted by molar-refractivity contribution is 7.10. The van der Waals surface area contributed by atoms with Crippen LogP contribution in [-0.2, 0) is 12.6 Å². The van der Waals surface area contributed by atoms with Gasteiger partial charge < -0.3 is 10.4 Å². The van der Waals surface area contributed by atoms with Crippen LogP contribution in [0.1, 0.15) is 22.3 Å². The first kappa shape index (κ1) is 12.8. The van der Waals surface area contributed by atoms with E-state index in [4.69, 9.17) is 0 Å². The van der Waals surface area contributed by atoms with Crippen LogP contribution in [0.15, 0.2) is 29.8 Å². The molecule has 0 aliphatic heterocycles. The highest BCUT2D eigenvalue weighted by Gasteiger charge is 2.25. The lowest BCUT2D eigenvalue weighted by Gasteiger charge is -2.22. The molecule has 96 valence electrons. The van der Waals surface area contributed by atoms with Crippen LogP contribution in [0, 0.1) is 0 Å². The number of rotatable bonds is 4. The van der Waals surface area contributed by atoms with E-state index >= 15 is 0 Å².